The molecule has 2 saturated heterocycles. The van der Waals surface area contributed by atoms with E-state index in [0.717, 1.165) is 18.8 Å². The van der Waals surface area contributed by atoms with E-state index in [0.29, 0.717) is 40.9 Å². The number of ether oxygens (including phenoxy) is 3. The van der Waals surface area contributed by atoms with Crippen molar-refractivity contribution in [2.24, 2.45) is 0 Å². The fourth-order valence-corrected chi connectivity index (χ4v) is 4.96. The first kappa shape index (κ1) is 28.0. The van der Waals surface area contributed by atoms with Gasteiger partial charge in [0.05, 0.1) is 24.7 Å². The van der Waals surface area contributed by atoms with Crippen molar-refractivity contribution in [1.82, 2.24) is 15.5 Å². The third-order valence-corrected chi connectivity index (χ3v) is 6.98. The number of carbonyl (C=O) groups is 3. The van der Waals surface area contributed by atoms with Crippen LogP contribution in [0.4, 0.5) is 5.69 Å². The highest BCUT2D eigenvalue weighted by Crippen LogP contribution is 2.39. The van der Waals surface area contributed by atoms with Gasteiger partial charge in [0.15, 0.2) is 0 Å². The van der Waals surface area contributed by atoms with Crippen LogP contribution in [0.1, 0.15) is 12.5 Å². The van der Waals surface area contributed by atoms with Gasteiger partial charge in [-0.25, -0.2) is 0 Å². The molecule has 2 aromatic carbocycles. The Bertz CT molecular complexity index is 1140. The zero-order valence-electron chi connectivity index (χ0n) is 21.0. The maximum Gasteiger partial charge on any atom is 0.239 e. The maximum absolute atomic E-state index is 12.1. The summed E-state index contributed by atoms with van der Waals surface area (Å²) in [6.45, 7) is 4.79. The average Bonchev–Trinajstić information content (AvgIpc) is 3.34. The molecular weight excluding hydrogens is 535 g/mol. The average molecular weight is 565 g/mol. The minimum absolute atomic E-state index is 0.0319. The van der Waals surface area contributed by atoms with Crippen molar-refractivity contribution in [2.75, 3.05) is 57.4 Å². The van der Waals surface area contributed by atoms with Crippen molar-refractivity contribution < 1.29 is 28.6 Å². The van der Waals surface area contributed by atoms with E-state index in [2.05, 4.69) is 15.5 Å². The van der Waals surface area contributed by atoms with Crippen molar-refractivity contribution in [3.05, 3.63) is 58.1 Å². The van der Waals surface area contributed by atoms with Gasteiger partial charge in [0.1, 0.15) is 18.5 Å². The van der Waals surface area contributed by atoms with Gasteiger partial charge in [-0.3, -0.25) is 14.4 Å². The number of piperazine rings is 1. The molecule has 0 spiro atoms. The highest BCUT2D eigenvalue weighted by atomic mass is 35.5. The van der Waals surface area contributed by atoms with Crippen molar-refractivity contribution in [3.8, 4) is 5.75 Å². The van der Waals surface area contributed by atoms with Gasteiger partial charge in [-0.15, -0.1) is 0 Å². The Labute approximate surface area is 231 Å². The van der Waals surface area contributed by atoms with E-state index >= 15 is 0 Å². The number of anilines is 1. The number of rotatable bonds is 10. The van der Waals surface area contributed by atoms with Crippen molar-refractivity contribution >= 4 is 47.1 Å². The molecule has 0 radical (unpaired) electrons. The lowest BCUT2D eigenvalue weighted by Gasteiger charge is -2.35. The molecule has 10 nitrogen and oxygen atoms in total. The van der Waals surface area contributed by atoms with Crippen LogP contribution in [0.5, 0.6) is 5.75 Å². The monoisotopic (exact) mass is 564 g/mol. The van der Waals surface area contributed by atoms with Crippen LogP contribution in [0.3, 0.4) is 0 Å². The molecule has 0 saturated carbocycles. The lowest BCUT2D eigenvalue weighted by molar-refractivity contribution is -0.177. The molecule has 0 aliphatic carbocycles. The summed E-state index contributed by atoms with van der Waals surface area (Å²) in [6, 6.07) is 12.7. The molecule has 2 aliphatic rings. The summed E-state index contributed by atoms with van der Waals surface area (Å²) < 4.78 is 18.3. The van der Waals surface area contributed by atoms with Gasteiger partial charge in [0, 0.05) is 49.4 Å². The molecule has 2 aliphatic heterocycles. The van der Waals surface area contributed by atoms with Gasteiger partial charge in [0.2, 0.25) is 24.0 Å². The third-order valence-electron chi connectivity index (χ3n) is 6.43. The van der Waals surface area contributed by atoms with E-state index in [1.165, 1.54) is 0 Å². The SMILES string of the molecule is CC(=O)N1CCN(c2ccc(OCC3COC(CNC(=O)CNC=O)(c4ccc(Cl)cc4Cl)O3)cc2)CC1. The van der Waals surface area contributed by atoms with Crippen LogP contribution in [-0.4, -0.2) is 81.7 Å². The van der Waals surface area contributed by atoms with Gasteiger partial charge in [-0.05, 0) is 36.4 Å². The van der Waals surface area contributed by atoms with Crippen LogP contribution in [0, 0.1) is 0 Å². The summed E-state index contributed by atoms with van der Waals surface area (Å²) in [5.74, 6) is -0.976. The molecule has 0 bridgehead atoms. The summed E-state index contributed by atoms with van der Waals surface area (Å²) in [5.41, 5.74) is 1.58. The van der Waals surface area contributed by atoms with Crippen molar-refractivity contribution in [1.29, 1.82) is 0 Å². The topological polar surface area (TPSA) is 109 Å². The van der Waals surface area contributed by atoms with Gasteiger partial charge in [-0.2, -0.15) is 0 Å². The molecule has 2 atom stereocenters. The summed E-state index contributed by atoms with van der Waals surface area (Å²) >= 11 is 12.5. The molecule has 3 amide bonds. The molecular formula is C26H30Cl2N4O6. The molecule has 2 N–H and O–H groups in total. The van der Waals surface area contributed by atoms with Gasteiger partial charge in [0.25, 0.3) is 0 Å². The van der Waals surface area contributed by atoms with Crippen LogP contribution in [0.2, 0.25) is 10.0 Å². The number of benzene rings is 2. The lowest BCUT2D eigenvalue weighted by Crippen LogP contribution is -2.48. The van der Waals surface area contributed by atoms with Gasteiger partial charge < -0.3 is 34.6 Å². The Morgan fingerprint density at radius 3 is 2.53 bits per heavy atom. The minimum Gasteiger partial charge on any atom is -0.491 e. The number of carbonyl (C=O) groups excluding carboxylic acids is 3. The zero-order valence-corrected chi connectivity index (χ0v) is 22.5. The number of nitrogens with one attached hydrogen (secondary N) is 2. The molecule has 38 heavy (non-hydrogen) atoms. The zero-order chi connectivity index (χ0) is 27.1. The lowest BCUT2D eigenvalue weighted by atomic mass is 10.1. The Balaban J connectivity index is 1.36. The predicted molar refractivity (Wildman–Crippen MR) is 142 cm³/mol. The first-order valence-electron chi connectivity index (χ1n) is 12.2. The van der Waals surface area contributed by atoms with Crippen LogP contribution in [-0.2, 0) is 29.6 Å². The highest BCUT2D eigenvalue weighted by Gasteiger charge is 2.45. The molecule has 12 heteroatoms. The first-order valence-corrected chi connectivity index (χ1v) is 13.0. The first-order chi connectivity index (χ1) is 18.3. The van der Waals surface area contributed by atoms with Gasteiger partial charge >= 0.3 is 0 Å². The number of hydrogen-bond acceptors (Lipinski definition) is 7. The van der Waals surface area contributed by atoms with E-state index in [9.17, 15) is 14.4 Å². The second-order valence-corrected chi connectivity index (χ2v) is 9.85. The largest absolute Gasteiger partial charge is 0.491 e. The summed E-state index contributed by atoms with van der Waals surface area (Å²) in [7, 11) is 0. The minimum atomic E-state index is -1.35. The molecule has 4 rings (SSSR count). The number of halogens is 2. The van der Waals surface area contributed by atoms with Crippen LogP contribution < -0.4 is 20.3 Å². The third kappa shape index (κ3) is 6.87. The summed E-state index contributed by atoms with van der Waals surface area (Å²) in [6.07, 6.45) is 0.00805. The van der Waals surface area contributed by atoms with Crippen LogP contribution >= 0.6 is 23.2 Å². The maximum atomic E-state index is 12.1. The van der Waals surface area contributed by atoms with Crippen LogP contribution in [0.15, 0.2) is 42.5 Å². The van der Waals surface area contributed by atoms with E-state index in [-0.39, 0.29) is 32.2 Å². The van der Waals surface area contributed by atoms with E-state index in [1.54, 1.807) is 25.1 Å². The number of amides is 3. The second-order valence-electron chi connectivity index (χ2n) is 9.00. The quantitative estimate of drug-likeness (QED) is 0.425. The normalized spacial score (nSPS) is 21.2. The number of hydrogen-bond donors (Lipinski definition) is 2. The summed E-state index contributed by atoms with van der Waals surface area (Å²) in [4.78, 5) is 38.2. The Morgan fingerprint density at radius 2 is 1.87 bits per heavy atom. The molecule has 0 aromatic heterocycles. The second kappa shape index (κ2) is 12.7. The smallest absolute Gasteiger partial charge is 0.239 e. The number of nitrogens with zero attached hydrogens (tertiary/aromatic N) is 2. The highest BCUT2D eigenvalue weighted by molar-refractivity contribution is 6.35. The van der Waals surface area contributed by atoms with E-state index in [4.69, 9.17) is 37.4 Å². The van der Waals surface area contributed by atoms with Crippen molar-refractivity contribution in [2.45, 2.75) is 18.8 Å². The van der Waals surface area contributed by atoms with E-state index in [1.807, 2.05) is 29.2 Å². The van der Waals surface area contributed by atoms with Crippen molar-refractivity contribution in [3.63, 3.8) is 0 Å². The molecule has 2 aromatic rings. The molecule has 204 valence electrons. The fourth-order valence-electron chi connectivity index (χ4n) is 4.41. The molecule has 2 heterocycles. The Hall–Kier alpha value is -3.05. The summed E-state index contributed by atoms with van der Waals surface area (Å²) in [5, 5.41) is 5.81. The van der Waals surface area contributed by atoms with Gasteiger partial charge in [-0.1, -0.05) is 29.3 Å². The Morgan fingerprint density at radius 1 is 1.13 bits per heavy atom. The van der Waals surface area contributed by atoms with Crippen LogP contribution in [0.25, 0.3) is 0 Å². The predicted octanol–water partition coefficient (Wildman–Crippen LogP) is 2.17. The van der Waals surface area contributed by atoms with E-state index < -0.39 is 17.8 Å². The fraction of sp³-hybridized carbons (Fsp3) is 0.423. The molecule has 2 unspecified atom stereocenters. The standard InChI is InChI=1S/C26H30Cl2N4O6/c1-18(34)31-8-10-32(11-9-31)20-3-5-21(6-4-20)36-14-22-15-37-26(38-22,16-30-25(35)13-29-17-33)23-7-2-19(27)12-24(23)28/h2-7,12,17,22H,8-11,13-16H2,1H3,(H,29,33)(H,30,35). The molecule has 2 fully saturated rings. The Kier molecular flexibility index (Phi) is 9.32.